The minimum Gasteiger partial charge on any atom is -0.349 e. The molecule has 0 saturated heterocycles. The van der Waals surface area contributed by atoms with Crippen LogP contribution in [-0.2, 0) is 6.42 Å². The van der Waals surface area contributed by atoms with Crippen molar-refractivity contribution in [2.45, 2.75) is 11.2 Å². The minimum atomic E-state index is -0.570. The van der Waals surface area contributed by atoms with Crippen LogP contribution < -0.4 is 0 Å². The number of halogens is 3. The Kier molecular flexibility index (Phi) is 3.33. The normalized spacial score (nSPS) is 12.7. The second-order valence-electron chi connectivity index (χ2n) is 3.41. The van der Waals surface area contributed by atoms with E-state index in [1.54, 1.807) is 12.4 Å². The van der Waals surface area contributed by atoms with Gasteiger partial charge in [-0.3, -0.25) is 0 Å². The number of nitrogens with one attached hydrogen (secondary N) is 1. The summed E-state index contributed by atoms with van der Waals surface area (Å²) in [5.41, 5.74) is 0.564. The van der Waals surface area contributed by atoms with Crippen molar-refractivity contribution in [1.82, 2.24) is 9.97 Å². The molecule has 2 rings (SSSR count). The largest absolute Gasteiger partial charge is 0.349 e. The molecule has 0 radical (unpaired) electrons. The third kappa shape index (κ3) is 2.66. The highest BCUT2D eigenvalue weighted by Gasteiger charge is 2.12. The second kappa shape index (κ2) is 4.74. The van der Waals surface area contributed by atoms with Crippen molar-refractivity contribution in [2.24, 2.45) is 0 Å². The van der Waals surface area contributed by atoms with E-state index >= 15 is 0 Å². The zero-order valence-electron chi connectivity index (χ0n) is 8.25. The van der Waals surface area contributed by atoms with Crippen molar-refractivity contribution in [1.29, 1.82) is 0 Å². The Bertz CT molecular complexity index is 451. The van der Waals surface area contributed by atoms with Crippen molar-refractivity contribution in [3.05, 3.63) is 53.6 Å². The molecule has 16 heavy (non-hydrogen) atoms. The van der Waals surface area contributed by atoms with E-state index in [2.05, 4.69) is 25.9 Å². The molecule has 5 heteroatoms. The topological polar surface area (TPSA) is 28.7 Å². The molecule has 0 aliphatic rings. The van der Waals surface area contributed by atoms with E-state index in [0.717, 1.165) is 11.9 Å². The molecule has 0 aliphatic heterocycles. The van der Waals surface area contributed by atoms with Gasteiger partial charge in [0, 0.05) is 29.7 Å². The highest BCUT2D eigenvalue weighted by Crippen LogP contribution is 2.27. The molecular weight excluding hydrogens is 278 g/mol. The SMILES string of the molecule is Fc1cc(F)cc(C(Br)Cc2ncc[nH]2)c1. The zero-order chi connectivity index (χ0) is 11.5. The Balaban J connectivity index is 2.17. The van der Waals surface area contributed by atoms with Crippen molar-refractivity contribution >= 4 is 15.9 Å². The molecule has 0 saturated carbocycles. The lowest BCUT2D eigenvalue weighted by atomic mass is 10.1. The van der Waals surface area contributed by atoms with Crippen molar-refractivity contribution in [3.63, 3.8) is 0 Å². The van der Waals surface area contributed by atoms with Gasteiger partial charge in [-0.2, -0.15) is 0 Å². The number of aromatic nitrogens is 2. The van der Waals surface area contributed by atoms with E-state index in [0.29, 0.717) is 12.0 Å². The first-order chi connectivity index (χ1) is 7.65. The number of H-pyrrole nitrogens is 1. The van der Waals surface area contributed by atoms with E-state index in [9.17, 15) is 8.78 Å². The fourth-order valence-electron chi connectivity index (χ4n) is 1.45. The first kappa shape index (κ1) is 11.3. The highest BCUT2D eigenvalue weighted by molar-refractivity contribution is 9.09. The molecule has 2 aromatic rings. The third-order valence-electron chi connectivity index (χ3n) is 2.17. The number of hydrogen-bond donors (Lipinski definition) is 1. The van der Waals surface area contributed by atoms with Crippen LogP contribution in [0.2, 0.25) is 0 Å². The fraction of sp³-hybridized carbons (Fsp3) is 0.182. The molecule has 84 valence electrons. The Morgan fingerprint density at radius 1 is 1.25 bits per heavy atom. The van der Waals surface area contributed by atoms with Crippen LogP contribution in [0.15, 0.2) is 30.6 Å². The Labute approximate surface area is 99.8 Å². The lowest BCUT2D eigenvalue weighted by Gasteiger charge is -2.08. The molecule has 1 aromatic carbocycles. The summed E-state index contributed by atoms with van der Waals surface area (Å²) >= 11 is 3.38. The Morgan fingerprint density at radius 3 is 2.50 bits per heavy atom. The van der Waals surface area contributed by atoms with Gasteiger partial charge < -0.3 is 4.98 Å². The molecule has 1 unspecified atom stereocenters. The van der Waals surface area contributed by atoms with Gasteiger partial charge in [-0.15, -0.1) is 0 Å². The standard InChI is InChI=1S/C11H9BrF2N2/c12-10(6-11-15-1-2-16-11)7-3-8(13)5-9(14)4-7/h1-5,10H,6H2,(H,15,16). The van der Waals surface area contributed by atoms with Crippen LogP contribution in [-0.4, -0.2) is 9.97 Å². The van der Waals surface area contributed by atoms with Gasteiger partial charge >= 0.3 is 0 Å². The van der Waals surface area contributed by atoms with E-state index < -0.39 is 11.6 Å². The van der Waals surface area contributed by atoms with E-state index in [4.69, 9.17) is 0 Å². The predicted molar refractivity (Wildman–Crippen MR) is 60.3 cm³/mol. The van der Waals surface area contributed by atoms with Gasteiger partial charge in [0.05, 0.1) is 0 Å². The fourth-order valence-corrected chi connectivity index (χ4v) is 2.02. The Morgan fingerprint density at radius 2 is 1.94 bits per heavy atom. The summed E-state index contributed by atoms with van der Waals surface area (Å²) < 4.78 is 26.0. The average Bonchev–Trinajstić information content (AvgIpc) is 2.68. The van der Waals surface area contributed by atoms with Crippen molar-refractivity contribution in [3.8, 4) is 0 Å². The molecule has 0 amide bonds. The molecule has 0 bridgehead atoms. The summed E-state index contributed by atoms with van der Waals surface area (Å²) in [6.07, 6.45) is 3.90. The van der Waals surface area contributed by atoms with E-state index in [1.807, 2.05) is 0 Å². The molecule has 0 aliphatic carbocycles. The van der Waals surface area contributed by atoms with Gasteiger partial charge in [0.1, 0.15) is 17.5 Å². The zero-order valence-corrected chi connectivity index (χ0v) is 9.84. The first-order valence-electron chi connectivity index (χ1n) is 4.73. The number of alkyl halides is 1. The number of nitrogens with zero attached hydrogens (tertiary/aromatic N) is 1. The number of rotatable bonds is 3. The van der Waals surface area contributed by atoms with Gasteiger partial charge in [-0.05, 0) is 17.7 Å². The third-order valence-corrected chi connectivity index (χ3v) is 3.03. The maximum absolute atomic E-state index is 13.0. The minimum absolute atomic E-state index is 0.163. The lowest BCUT2D eigenvalue weighted by Crippen LogP contribution is -1.98. The smallest absolute Gasteiger partial charge is 0.126 e. The quantitative estimate of drug-likeness (QED) is 0.861. The van der Waals surface area contributed by atoms with Crippen LogP contribution in [0.1, 0.15) is 16.2 Å². The summed E-state index contributed by atoms with van der Waals surface area (Å²) in [6, 6.07) is 3.48. The molecule has 1 atom stereocenters. The van der Waals surface area contributed by atoms with Crippen LogP contribution in [0.3, 0.4) is 0 Å². The van der Waals surface area contributed by atoms with Gasteiger partial charge in [-0.1, -0.05) is 15.9 Å². The summed E-state index contributed by atoms with van der Waals surface area (Å²) in [4.78, 5) is 6.83. The van der Waals surface area contributed by atoms with E-state index in [1.165, 1.54) is 12.1 Å². The van der Waals surface area contributed by atoms with Crippen LogP contribution >= 0.6 is 15.9 Å². The van der Waals surface area contributed by atoms with Crippen LogP contribution in [0.4, 0.5) is 8.78 Å². The van der Waals surface area contributed by atoms with Gasteiger partial charge in [0.15, 0.2) is 0 Å². The lowest BCUT2D eigenvalue weighted by molar-refractivity contribution is 0.579. The molecule has 1 N–H and O–H groups in total. The van der Waals surface area contributed by atoms with Gasteiger partial charge in [0.2, 0.25) is 0 Å². The van der Waals surface area contributed by atoms with Crippen LogP contribution in [0.25, 0.3) is 0 Å². The van der Waals surface area contributed by atoms with E-state index in [-0.39, 0.29) is 4.83 Å². The monoisotopic (exact) mass is 286 g/mol. The van der Waals surface area contributed by atoms with Crippen molar-refractivity contribution < 1.29 is 8.78 Å². The highest BCUT2D eigenvalue weighted by atomic mass is 79.9. The maximum Gasteiger partial charge on any atom is 0.126 e. The summed E-state index contributed by atoms with van der Waals surface area (Å²) in [7, 11) is 0. The number of hydrogen-bond acceptors (Lipinski definition) is 1. The number of benzene rings is 1. The molecule has 0 spiro atoms. The first-order valence-corrected chi connectivity index (χ1v) is 5.65. The number of imidazole rings is 1. The molecular formula is C11H9BrF2N2. The average molecular weight is 287 g/mol. The second-order valence-corrected chi connectivity index (χ2v) is 4.52. The van der Waals surface area contributed by atoms with Crippen LogP contribution in [0.5, 0.6) is 0 Å². The van der Waals surface area contributed by atoms with Gasteiger partial charge in [-0.25, -0.2) is 13.8 Å². The molecule has 0 fully saturated rings. The summed E-state index contributed by atoms with van der Waals surface area (Å²) in [6.45, 7) is 0. The number of aromatic amines is 1. The van der Waals surface area contributed by atoms with Gasteiger partial charge in [0.25, 0.3) is 0 Å². The predicted octanol–water partition coefficient (Wildman–Crippen LogP) is 3.37. The summed E-state index contributed by atoms with van der Waals surface area (Å²) in [5.74, 6) is -0.371. The molecule has 1 aromatic heterocycles. The van der Waals surface area contributed by atoms with Crippen LogP contribution in [0, 0.1) is 11.6 Å². The molecule has 2 nitrogen and oxygen atoms in total. The summed E-state index contributed by atoms with van der Waals surface area (Å²) in [5, 5.41) is 0. The maximum atomic E-state index is 13.0. The van der Waals surface area contributed by atoms with Crippen molar-refractivity contribution in [2.75, 3.05) is 0 Å². The Hall–Kier alpha value is -1.23. The molecule has 1 heterocycles.